The summed E-state index contributed by atoms with van der Waals surface area (Å²) in [5, 5.41) is 0. The zero-order valence-electron chi connectivity index (χ0n) is 10.3. The van der Waals surface area contributed by atoms with Crippen LogP contribution in [0.3, 0.4) is 0 Å². The van der Waals surface area contributed by atoms with Gasteiger partial charge < -0.3 is 5.73 Å². The first kappa shape index (κ1) is 14.3. The summed E-state index contributed by atoms with van der Waals surface area (Å²) in [6.07, 6.45) is -2.65. The fourth-order valence-corrected chi connectivity index (χ4v) is 2.08. The standard InChI is InChI=1S/C13H16F4N2/c14-10-3-1-9(2-4-10)12(18)7-19(11-5-6-11)8-13(15,16)17/h1-4,11-12H,5-8,18H2. The zero-order chi connectivity index (χ0) is 14.0. The van der Waals surface area contributed by atoms with Crippen molar-refractivity contribution in [2.75, 3.05) is 13.1 Å². The molecule has 0 amide bonds. The van der Waals surface area contributed by atoms with E-state index >= 15 is 0 Å². The van der Waals surface area contributed by atoms with Crippen molar-refractivity contribution in [2.24, 2.45) is 5.73 Å². The van der Waals surface area contributed by atoms with Gasteiger partial charge in [-0.1, -0.05) is 12.1 Å². The van der Waals surface area contributed by atoms with Crippen LogP contribution in [-0.2, 0) is 0 Å². The van der Waals surface area contributed by atoms with Crippen LogP contribution in [0.4, 0.5) is 17.6 Å². The largest absolute Gasteiger partial charge is 0.401 e. The molecule has 1 aromatic rings. The summed E-state index contributed by atoms with van der Waals surface area (Å²) in [7, 11) is 0. The van der Waals surface area contributed by atoms with Crippen LogP contribution in [0.15, 0.2) is 24.3 Å². The Labute approximate surface area is 109 Å². The average Bonchev–Trinajstić information content (AvgIpc) is 3.10. The van der Waals surface area contributed by atoms with Crippen LogP contribution in [0.1, 0.15) is 24.4 Å². The van der Waals surface area contributed by atoms with Crippen molar-refractivity contribution < 1.29 is 17.6 Å². The number of halogens is 4. The van der Waals surface area contributed by atoms with E-state index in [9.17, 15) is 17.6 Å². The molecule has 19 heavy (non-hydrogen) atoms. The lowest BCUT2D eigenvalue weighted by Crippen LogP contribution is -2.40. The summed E-state index contributed by atoms with van der Waals surface area (Å²) in [5.41, 5.74) is 6.55. The van der Waals surface area contributed by atoms with Gasteiger partial charge in [-0.05, 0) is 30.5 Å². The molecule has 6 heteroatoms. The minimum Gasteiger partial charge on any atom is -0.323 e. The molecule has 1 aromatic carbocycles. The zero-order valence-corrected chi connectivity index (χ0v) is 10.3. The lowest BCUT2D eigenvalue weighted by Gasteiger charge is -2.26. The molecule has 0 spiro atoms. The Hall–Kier alpha value is -1.14. The Balaban J connectivity index is 1.98. The molecule has 0 aromatic heterocycles. The number of hydrogen-bond donors (Lipinski definition) is 1. The minimum atomic E-state index is -4.22. The topological polar surface area (TPSA) is 29.3 Å². The Kier molecular flexibility index (Phi) is 4.10. The van der Waals surface area contributed by atoms with Crippen molar-refractivity contribution in [2.45, 2.75) is 31.1 Å². The second kappa shape index (κ2) is 5.46. The van der Waals surface area contributed by atoms with Gasteiger partial charge in [-0.25, -0.2) is 4.39 Å². The molecule has 0 saturated heterocycles. The number of alkyl halides is 3. The SMILES string of the molecule is NC(CN(CC(F)(F)F)C1CC1)c1ccc(F)cc1. The van der Waals surface area contributed by atoms with E-state index in [0.717, 1.165) is 12.8 Å². The second-order valence-corrected chi connectivity index (χ2v) is 4.93. The van der Waals surface area contributed by atoms with Crippen LogP contribution in [0.25, 0.3) is 0 Å². The second-order valence-electron chi connectivity index (χ2n) is 4.93. The summed E-state index contributed by atoms with van der Waals surface area (Å²) in [6, 6.07) is 5.00. The van der Waals surface area contributed by atoms with Crippen LogP contribution >= 0.6 is 0 Å². The van der Waals surface area contributed by atoms with Crippen LogP contribution in [0, 0.1) is 5.82 Å². The fraction of sp³-hybridized carbons (Fsp3) is 0.538. The van der Waals surface area contributed by atoms with Gasteiger partial charge in [-0.2, -0.15) is 13.2 Å². The fourth-order valence-electron chi connectivity index (χ4n) is 2.08. The highest BCUT2D eigenvalue weighted by atomic mass is 19.4. The van der Waals surface area contributed by atoms with Crippen LogP contribution in [-0.4, -0.2) is 30.2 Å². The molecule has 1 unspecified atom stereocenters. The van der Waals surface area contributed by atoms with E-state index in [1.165, 1.54) is 29.2 Å². The smallest absolute Gasteiger partial charge is 0.323 e. The number of nitrogens with two attached hydrogens (primary N) is 1. The molecule has 0 heterocycles. The summed E-state index contributed by atoms with van der Waals surface area (Å²) in [6.45, 7) is -0.803. The van der Waals surface area contributed by atoms with Gasteiger partial charge in [0.05, 0.1) is 6.54 Å². The lowest BCUT2D eigenvalue weighted by atomic mass is 10.1. The van der Waals surface area contributed by atoms with Gasteiger partial charge in [-0.3, -0.25) is 4.90 Å². The van der Waals surface area contributed by atoms with Gasteiger partial charge in [0.1, 0.15) is 5.82 Å². The maximum Gasteiger partial charge on any atom is 0.401 e. The van der Waals surface area contributed by atoms with E-state index in [2.05, 4.69) is 0 Å². The monoisotopic (exact) mass is 276 g/mol. The van der Waals surface area contributed by atoms with Crippen LogP contribution in [0.2, 0.25) is 0 Å². The molecule has 2 N–H and O–H groups in total. The molecule has 1 fully saturated rings. The third-order valence-corrected chi connectivity index (χ3v) is 3.18. The van der Waals surface area contributed by atoms with E-state index in [1.54, 1.807) is 0 Å². The van der Waals surface area contributed by atoms with Crippen molar-refractivity contribution in [3.63, 3.8) is 0 Å². The molecule has 1 aliphatic rings. The average molecular weight is 276 g/mol. The Morgan fingerprint density at radius 2 is 1.79 bits per heavy atom. The van der Waals surface area contributed by atoms with Crippen molar-refractivity contribution >= 4 is 0 Å². The predicted octanol–water partition coefficient (Wildman–Crippen LogP) is 2.85. The highest BCUT2D eigenvalue weighted by Crippen LogP contribution is 2.31. The number of nitrogens with zero attached hydrogens (tertiary/aromatic N) is 1. The summed E-state index contributed by atoms with van der Waals surface area (Å²) >= 11 is 0. The number of rotatable bonds is 5. The van der Waals surface area contributed by atoms with Crippen LogP contribution in [0.5, 0.6) is 0 Å². The van der Waals surface area contributed by atoms with Crippen molar-refractivity contribution in [3.8, 4) is 0 Å². The third kappa shape index (κ3) is 4.47. The van der Waals surface area contributed by atoms with Crippen molar-refractivity contribution in [1.82, 2.24) is 4.90 Å². The first-order chi connectivity index (χ1) is 8.85. The molecule has 1 saturated carbocycles. The maximum atomic E-state index is 12.8. The van der Waals surface area contributed by atoms with E-state index in [0.29, 0.717) is 5.56 Å². The Bertz CT molecular complexity index is 412. The van der Waals surface area contributed by atoms with Gasteiger partial charge in [0.25, 0.3) is 0 Å². The summed E-state index contributed by atoms with van der Waals surface area (Å²) in [4.78, 5) is 1.37. The van der Waals surface area contributed by atoms with Gasteiger partial charge in [-0.15, -0.1) is 0 Å². The lowest BCUT2D eigenvalue weighted by molar-refractivity contribution is -0.147. The molecule has 0 radical (unpaired) electrons. The van der Waals surface area contributed by atoms with Crippen molar-refractivity contribution in [3.05, 3.63) is 35.6 Å². The van der Waals surface area contributed by atoms with E-state index < -0.39 is 18.8 Å². The molecular formula is C13H16F4N2. The Morgan fingerprint density at radius 1 is 1.21 bits per heavy atom. The highest BCUT2D eigenvalue weighted by molar-refractivity contribution is 5.20. The molecule has 0 aliphatic heterocycles. The number of benzene rings is 1. The molecule has 2 rings (SSSR count). The van der Waals surface area contributed by atoms with Crippen LogP contribution < -0.4 is 5.73 Å². The summed E-state index contributed by atoms with van der Waals surface area (Å²) in [5.74, 6) is -0.384. The Morgan fingerprint density at radius 3 is 2.26 bits per heavy atom. The van der Waals surface area contributed by atoms with Gasteiger partial charge >= 0.3 is 6.18 Å². The van der Waals surface area contributed by atoms with Gasteiger partial charge in [0, 0.05) is 18.6 Å². The van der Waals surface area contributed by atoms with E-state index in [-0.39, 0.29) is 18.4 Å². The van der Waals surface area contributed by atoms with E-state index in [4.69, 9.17) is 5.73 Å². The van der Waals surface area contributed by atoms with Gasteiger partial charge in [0.15, 0.2) is 0 Å². The molecular weight excluding hydrogens is 260 g/mol. The minimum absolute atomic E-state index is 0.0203. The molecule has 0 bridgehead atoms. The predicted molar refractivity (Wildman–Crippen MR) is 64.0 cm³/mol. The summed E-state index contributed by atoms with van der Waals surface area (Å²) < 4.78 is 50.2. The van der Waals surface area contributed by atoms with Crippen molar-refractivity contribution in [1.29, 1.82) is 0 Å². The molecule has 2 nitrogen and oxygen atoms in total. The maximum absolute atomic E-state index is 12.8. The quantitative estimate of drug-likeness (QED) is 0.838. The van der Waals surface area contributed by atoms with Gasteiger partial charge in [0.2, 0.25) is 0 Å². The highest BCUT2D eigenvalue weighted by Gasteiger charge is 2.38. The third-order valence-electron chi connectivity index (χ3n) is 3.18. The first-order valence-corrected chi connectivity index (χ1v) is 6.17. The first-order valence-electron chi connectivity index (χ1n) is 6.17. The molecule has 106 valence electrons. The molecule has 1 atom stereocenters. The molecule has 1 aliphatic carbocycles. The normalized spacial score (nSPS) is 17.8. The van der Waals surface area contributed by atoms with E-state index in [1.807, 2.05) is 0 Å². The number of hydrogen-bond acceptors (Lipinski definition) is 2.